The van der Waals surface area contributed by atoms with Gasteiger partial charge in [-0.1, -0.05) is 13.8 Å². The summed E-state index contributed by atoms with van der Waals surface area (Å²) < 4.78 is 10.6. The molecule has 0 N–H and O–H groups in total. The van der Waals surface area contributed by atoms with Gasteiger partial charge in [0.25, 0.3) is 0 Å². The van der Waals surface area contributed by atoms with Gasteiger partial charge in [-0.05, 0) is 25.7 Å². The first-order chi connectivity index (χ1) is 7.67. The molecule has 1 saturated carbocycles. The fourth-order valence-corrected chi connectivity index (χ4v) is 1.84. The summed E-state index contributed by atoms with van der Waals surface area (Å²) in [6.45, 7) is 3.52. The van der Waals surface area contributed by atoms with Gasteiger partial charge in [0.15, 0.2) is 0 Å². The molecule has 1 fully saturated rings. The largest absolute Gasteiger partial charge is 0.458 e. The monoisotopic (exact) mass is 228 g/mol. The van der Waals surface area contributed by atoms with E-state index in [1.807, 2.05) is 0 Å². The lowest BCUT2D eigenvalue weighted by Gasteiger charge is -2.30. The molecule has 1 rings (SSSR count). The Labute approximate surface area is 96.3 Å². The van der Waals surface area contributed by atoms with Gasteiger partial charge in [-0.15, -0.1) is 0 Å². The summed E-state index contributed by atoms with van der Waals surface area (Å²) in [6, 6.07) is 0. The van der Waals surface area contributed by atoms with Crippen molar-refractivity contribution in [1.82, 2.24) is 0 Å². The molecular weight excluding hydrogens is 208 g/mol. The van der Waals surface area contributed by atoms with Crippen molar-refractivity contribution in [1.29, 1.82) is 0 Å². The number of rotatable bonds is 4. The van der Waals surface area contributed by atoms with Gasteiger partial charge in [0, 0.05) is 12.8 Å². The molecule has 0 bridgehead atoms. The predicted molar refractivity (Wildman–Crippen MR) is 58.8 cm³/mol. The van der Waals surface area contributed by atoms with Crippen LogP contribution in [-0.4, -0.2) is 24.1 Å². The van der Waals surface area contributed by atoms with Gasteiger partial charge in [0.05, 0.1) is 0 Å². The molecule has 0 aromatic rings. The molecule has 0 saturated heterocycles. The van der Waals surface area contributed by atoms with Crippen LogP contribution in [0.25, 0.3) is 0 Å². The Bertz CT molecular complexity index is 223. The van der Waals surface area contributed by atoms with Gasteiger partial charge >= 0.3 is 11.9 Å². The molecule has 0 unspecified atom stereocenters. The Balaban J connectivity index is 2.49. The van der Waals surface area contributed by atoms with Crippen LogP contribution in [0.5, 0.6) is 0 Å². The lowest BCUT2D eigenvalue weighted by Crippen LogP contribution is -2.37. The van der Waals surface area contributed by atoms with E-state index in [0.29, 0.717) is 12.8 Å². The third kappa shape index (κ3) is 3.83. The fraction of sp³-hybridized carbons (Fsp3) is 0.833. The molecule has 0 amide bonds. The molecule has 1 aliphatic rings. The minimum Gasteiger partial charge on any atom is -0.458 e. The maximum atomic E-state index is 11.2. The first-order valence-electron chi connectivity index (χ1n) is 6.06. The Kier molecular flexibility index (Phi) is 5.29. The Morgan fingerprint density at radius 2 is 1.31 bits per heavy atom. The Morgan fingerprint density at radius 3 is 1.62 bits per heavy atom. The highest BCUT2D eigenvalue weighted by Crippen LogP contribution is 2.24. The van der Waals surface area contributed by atoms with Crippen molar-refractivity contribution in [3.05, 3.63) is 0 Å². The molecule has 1 aliphatic carbocycles. The number of esters is 2. The molecule has 4 nitrogen and oxygen atoms in total. The summed E-state index contributed by atoms with van der Waals surface area (Å²) in [7, 11) is 0. The third-order valence-electron chi connectivity index (χ3n) is 2.78. The van der Waals surface area contributed by atoms with Crippen molar-refractivity contribution < 1.29 is 19.1 Å². The Hall–Kier alpha value is -1.06. The summed E-state index contributed by atoms with van der Waals surface area (Å²) in [5, 5.41) is 0. The van der Waals surface area contributed by atoms with Gasteiger partial charge in [0.1, 0.15) is 12.2 Å². The molecular formula is C12H20O4. The van der Waals surface area contributed by atoms with E-state index in [1.54, 1.807) is 13.8 Å². The van der Waals surface area contributed by atoms with Crippen LogP contribution in [0.2, 0.25) is 0 Å². The zero-order chi connectivity index (χ0) is 12.0. The van der Waals surface area contributed by atoms with E-state index < -0.39 is 0 Å². The number of carbonyl (C=O) groups is 2. The van der Waals surface area contributed by atoms with Crippen molar-refractivity contribution in [2.24, 2.45) is 0 Å². The fourth-order valence-electron chi connectivity index (χ4n) is 1.84. The molecule has 0 aliphatic heterocycles. The number of carbonyl (C=O) groups excluding carboxylic acids is 2. The maximum absolute atomic E-state index is 11.2. The minimum atomic E-state index is -0.239. The van der Waals surface area contributed by atoms with Crippen LogP contribution in [0.4, 0.5) is 0 Å². The van der Waals surface area contributed by atoms with Gasteiger partial charge in [-0.2, -0.15) is 0 Å². The van der Waals surface area contributed by atoms with Gasteiger partial charge in [-0.25, -0.2) is 0 Å². The summed E-state index contributed by atoms with van der Waals surface area (Å²) in [4.78, 5) is 22.4. The molecule has 0 spiro atoms. The van der Waals surface area contributed by atoms with Crippen LogP contribution < -0.4 is 0 Å². The average Bonchev–Trinajstić information content (AvgIpc) is 2.31. The average molecular weight is 228 g/mol. The van der Waals surface area contributed by atoms with E-state index in [0.717, 1.165) is 25.7 Å². The normalized spacial score (nSPS) is 24.9. The lowest BCUT2D eigenvalue weighted by molar-refractivity contribution is -0.171. The van der Waals surface area contributed by atoms with Gasteiger partial charge in [-0.3, -0.25) is 9.59 Å². The van der Waals surface area contributed by atoms with E-state index in [4.69, 9.17) is 9.47 Å². The van der Waals surface area contributed by atoms with Crippen molar-refractivity contribution in [2.75, 3.05) is 0 Å². The summed E-state index contributed by atoms with van der Waals surface area (Å²) in [6.07, 6.45) is 3.91. The lowest BCUT2D eigenvalue weighted by atomic mass is 9.94. The second kappa shape index (κ2) is 6.51. The van der Waals surface area contributed by atoms with Crippen molar-refractivity contribution in [3.63, 3.8) is 0 Å². The van der Waals surface area contributed by atoms with Crippen LogP contribution in [0.3, 0.4) is 0 Å². The zero-order valence-corrected chi connectivity index (χ0v) is 10.0. The van der Waals surface area contributed by atoms with Gasteiger partial charge in [0.2, 0.25) is 0 Å². The van der Waals surface area contributed by atoms with E-state index in [9.17, 15) is 9.59 Å². The highest BCUT2D eigenvalue weighted by Gasteiger charge is 2.30. The summed E-state index contributed by atoms with van der Waals surface area (Å²) in [5.74, 6) is -0.436. The van der Waals surface area contributed by atoms with Crippen LogP contribution in [-0.2, 0) is 19.1 Å². The van der Waals surface area contributed by atoms with Crippen LogP contribution in [0.1, 0.15) is 52.4 Å². The second-order valence-electron chi connectivity index (χ2n) is 4.05. The molecule has 0 aromatic carbocycles. The molecule has 92 valence electrons. The van der Waals surface area contributed by atoms with E-state index >= 15 is 0 Å². The Morgan fingerprint density at radius 1 is 0.938 bits per heavy atom. The molecule has 2 atom stereocenters. The standard InChI is InChI=1S/C12H20O4/c1-3-11(13)15-9-7-5-6-8-10(9)16-12(14)4-2/h9-10H,3-8H2,1-2H3/t9-,10-/m1/s1. The number of hydrogen-bond donors (Lipinski definition) is 0. The van der Waals surface area contributed by atoms with E-state index in [2.05, 4.69) is 0 Å². The summed E-state index contributed by atoms with van der Waals surface area (Å²) >= 11 is 0. The van der Waals surface area contributed by atoms with Crippen molar-refractivity contribution in [3.8, 4) is 0 Å². The van der Waals surface area contributed by atoms with Crippen LogP contribution in [0, 0.1) is 0 Å². The minimum absolute atomic E-state index is 0.218. The quantitative estimate of drug-likeness (QED) is 0.692. The summed E-state index contributed by atoms with van der Waals surface area (Å²) in [5.41, 5.74) is 0. The number of ether oxygens (including phenoxy) is 2. The zero-order valence-electron chi connectivity index (χ0n) is 10.0. The van der Waals surface area contributed by atoms with Crippen molar-refractivity contribution in [2.45, 2.75) is 64.6 Å². The number of hydrogen-bond acceptors (Lipinski definition) is 4. The van der Waals surface area contributed by atoms with Crippen LogP contribution >= 0.6 is 0 Å². The van der Waals surface area contributed by atoms with Gasteiger partial charge < -0.3 is 9.47 Å². The van der Waals surface area contributed by atoms with Crippen molar-refractivity contribution >= 4 is 11.9 Å². The smallest absolute Gasteiger partial charge is 0.305 e. The molecule has 0 aromatic heterocycles. The first-order valence-corrected chi connectivity index (χ1v) is 6.06. The SMILES string of the molecule is CCC(=O)O[C@@H]1CCCC[C@H]1OC(=O)CC. The molecule has 4 heteroatoms. The second-order valence-corrected chi connectivity index (χ2v) is 4.05. The van der Waals surface area contributed by atoms with Crippen LogP contribution in [0.15, 0.2) is 0 Å². The molecule has 0 heterocycles. The predicted octanol–water partition coefficient (Wildman–Crippen LogP) is 2.20. The van der Waals surface area contributed by atoms with E-state index in [1.165, 1.54) is 0 Å². The molecule has 16 heavy (non-hydrogen) atoms. The van der Waals surface area contributed by atoms with E-state index in [-0.39, 0.29) is 24.1 Å². The topological polar surface area (TPSA) is 52.6 Å². The highest BCUT2D eigenvalue weighted by atomic mass is 16.6. The maximum Gasteiger partial charge on any atom is 0.305 e. The molecule has 0 radical (unpaired) electrons. The third-order valence-corrected chi connectivity index (χ3v) is 2.78. The highest BCUT2D eigenvalue weighted by molar-refractivity contribution is 5.70. The first kappa shape index (κ1) is 13.0.